The molecule has 19 heavy (non-hydrogen) atoms. The first-order valence-electron chi connectivity index (χ1n) is 5.51. The zero-order chi connectivity index (χ0) is 13.8. The summed E-state index contributed by atoms with van der Waals surface area (Å²) in [5.41, 5.74) is -0.0980. The molecule has 0 aliphatic rings. The van der Waals surface area contributed by atoms with Gasteiger partial charge in [-0.05, 0) is 6.92 Å². The largest absolute Gasteiger partial charge is 0.394 e. The SMILES string of the molecule is Cc1noc(CNc2cnn(CCO)c(=O)c2Cl)n1. The number of aliphatic hydroxyl groups excluding tert-OH is 1. The summed E-state index contributed by atoms with van der Waals surface area (Å²) < 4.78 is 6.00. The summed E-state index contributed by atoms with van der Waals surface area (Å²) >= 11 is 5.92. The molecule has 9 heteroatoms. The Bertz CT molecular complexity index is 624. The lowest BCUT2D eigenvalue weighted by molar-refractivity contribution is 0.266. The highest BCUT2D eigenvalue weighted by Crippen LogP contribution is 2.15. The highest BCUT2D eigenvalue weighted by atomic mass is 35.5. The van der Waals surface area contributed by atoms with Gasteiger partial charge in [0.25, 0.3) is 5.56 Å². The van der Waals surface area contributed by atoms with Crippen molar-refractivity contribution < 1.29 is 9.63 Å². The van der Waals surface area contributed by atoms with Gasteiger partial charge in [-0.3, -0.25) is 4.79 Å². The van der Waals surface area contributed by atoms with Crippen LogP contribution < -0.4 is 10.9 Å². The zero-order valence-corrected chi connectivity index (χ0v) is 10.9. The fourth-order valence-electron chi connectivity index (χ4n) is 1.42. The van der Waals surface area contributed by atoms with Crippen LogP contribution in [0.2, 0.25) is 5.02 Å². The first-order chi connectivity index (χ1) is 9.11. The fourth-order valence-corrected chi connectivity index (χ4v) is 1.64. The minimum absolute atomic E-state index is 0.000290. The molecule has 2 N–H and O–H groups in total. The molecule has 2 aromatic heterocycles. The third-order valence-electron chi connectivity index (χ3n) is 2.30. The van der Waals surface area contributed by atoms with E-state index in [0.29, 0.717) is 17.4 Å². The van der Waals surface area contributed by atoms with Crippen LogP contribution in [0.15, 0.2) is 15.5 Å². The van der Waals surface area contributed by atoms with E-state index in [1.807, 2.05) is 0 Å². The van der Waals surface area contributed by atoms with E-state index in [1.165, 1.54) is 6.20 Å². The molecule has 0 radical (unpaired) electrons. The van der Waals surface area contributed by atoms with Gasteiger partial charge in [0.15, 0.2) is 5.82 Å². The number of hydrogen-bond donors (Lipinski definition) is 2. The van der Waals surface area contributed by atoms with Crippen molar-refractivity contribution in [1.29, 1.82) is 0 Å². The van der Waals surface area contributed by atoms with Crippen molar-refractivity contribution in [2.24, 2.45) is 0 Å². The summed E-state index contributed by atoms with van der Waals surface area (Å²) in [5, 5.41) is 19.2. The third kappa shape index (κ3) is 3.09. The lowest BCUT2D eigenvalue weighted by Crippen LogP contribution is -2.25. The van der Waals surface area contributed by atoms with E-state index in [-0.39, 0.29) is 24.7 Å². The van der Waals surface area contributed by atoms with E-state index in [9.17, 15) is 4.79 Å². The van der Waals surface area contributed by atoms with Crippen molar-refractivity contribution in [2.75, 3.05) is 11.9 Å². The van der Waals surface area contributed by atoms with E-state index < -0.39 is 5.56 Å². The van der Waals surface area contributed by atoms with E-state index in [0.717, 1.165) is 4.68 Å². The maximum atomic E-state index is 11.8. The quantitative estimate of drug-likeness (QED) is 0.808. The van der Waals surface area contributed by atoms with E-state index in [4.69, 9.17) is 21.2 Å². The predicted molar refractivity (Wildman–Crippen MR) is 67.0 cm³/mol. The first-order valence-corrected chi connectivity index (χ1v) is 5.89. The number of nitrogens with zero attached hydrogens (tertiary/aromatic N) is 4. The lowest BCUT2D eigenvalue weighted by Gasteiger charge is -2.07. The van der Waals surface area contributed by atoms with Gasteiger partial charge in [-0.25, -0.2) is 4.68 Å². The summed E-state index contributed by atoms with van der Waals surface area (Å²) in [6, 6.07) is 0. The summed E-state index contributed by atoms with van der Waals surface area (Å²) in [4.78, 5) is 15.8. The molecular formula is C10H12ClN5O3. The van der Waals surface area contributed by atoms with Crippen LogP contribution in [0.1, 0.15) is 11.7 Å². The van der Waals surface area contributed by atoms with Gasteiger partial charge in [-0.15, -0.1) is 0 Å². The van der Waals surface area contributed by atoms with Gasteiger partial charge in [-0.2, -0.15) is 10.1 Å². The number of hydrogen-bond acceptors (Lipinski definition) is 7. The molecule has 0 saturated carbocycles. The van der Waals surface area contributed by atoms with Crippen molar-refractivity contribution in [3.8, 4) is 0 Å². The Morgan fingerprint density at radius 1 is 1.58 bits per heavy atom. The van der Waals surface area contributed by atoms with Crippen LogP contribution in [0.25, 0.3) is 0 Å². The second-order valence-electron chi connectivity index (χ2n) is 3.71. The van der Waals surface area contributed by atoms with Gasteiger partial charge in [0, 0.05) is 0 Å². The molecule has 2 aromatic rings. The molecule has 0 unspecified atom stereocenters. The molecule has 0 bridgehead atoms. The zero-order valence-electron chi connectivity index (χ0n) is 10.1. The minimum atomic E-state index is -0.470. The van der Waals surface area contributed by atoms with Gasteiger partial charge in [0.05, 0.1) is 31.6 Å². The summed E-state index contributed by atoms with van der Waals surface area (Å²) in [6.45, 7) is 1.86. The average Bonchev–Trinajstić information content (AvgIpc) is 2.80. The third-order valence-corrected chi connectivity index (χ3v) is 2.66. The highest BCUT2D eigenvalue weighted by Gasteiger charge is 2.10. The molecule has 0 aliphatic carbocycles. The lowest BCUT2D eigenvalue weighted by atomic mass is 10.4. The Kier molecular flexibility index (Phi) is 4.13. The molecule has 0 saturated heterocycles. The number of halogens is 1. The van der Waals surface area contributed by atoms with E-state index in [1.54, 1.807) is 6.92 Å². The molecular weight excluding hydrogens is 274 g/mol. The molecule has 102 valence electrons. The van der Waals surface area contributed by atoms with Crippen LogP contribution in [0.4, 0.5) is 5.69 Å². The Morgan fingerprint density at radius 2 is 2.37 bits per heavy atom. The Balaban J connectivity index is 2.13. The van der Waals surface area contributed by atoms with Crippen LogP contribution in [-0.2, 0) is 13.1 Å². The van der Waals surface area contributed by atoms with Crippen LogP contribution in [0.3, 0.4) is 0 Å². The number of nitrogens with one attached hydrogen (secondary N) is 1. The van der Waals surface area contributed by atoms with Crippen LogP contribution >= 0.6 is 11.6 Å². The average molecular weight is 286 g/mol. The minimum Gasteiger partial charge on any atom is -0.394 e. The van der Waals surface area contributed by atoms with Crippen LogP contribution in [0.5, 0.6) is 0 Å². The molecule has 0 aromatic carbocycles. The second kappa shape index (κ2) is 5.81. The van der Waals surface area contributed by atoms with Gasteiger partial charge in [-0.1, -0.05) is 16.8 Å². The predicted octanol–water partition coefficient (Wildman–Crippen LogP) is 0.193. The number of aryl methyl sites for hydroxylation is 1. The Morgan fingerprint density at radius 3 is 3.00 bits per heavy atom. The summed E-state index contributed by atoms with van der Waals surface area (Å²) in [5.74, 6) is 0.910. The first kappa shape index (κ1) is 13.5. The van der Waals surface area contributed by atoms with Crippen molar-refractivity contribution in [3.05, 3.63) is 33.3 Å². The normalized spacial score (nSPS) is 10.7. The van der Waals surface area contributed by atoms with Crippen LogP contribution in [0, 0.1) is 6.92 Å². The highest BCUT2D eigenvalue weighted by molar-refractivity contribution is 6.32. The van der Waals surface area contributed by atoms with Gasteiger partial charge in [0.1, 0.15) is 5.02 Å². The standard InChI is InChI=1S/C10H12ClN5O3/c1-6-14-8(19-15-6)5-12-7-4-13-16(2-3-17)10(18)9(7)11/h4,12,17H,2-3,5H2,1H3. The Labute approximate surface area is 113 Å². The van der Waals surface area contributed by atoms with Crippen molar-refractivity contribution in [1.82, 2.24) is 19.9 Å². The van der Waals surface area contributed by atoms with Crippen molar-refractivity contribution >= 4 is 17.3 Å². The van der Waals surface area contributed by atoms with Gasteiger partial charge < -0.3 is 14.9 Å². The molecule has 0 amide bonds. The topological polar surface area (TPSA) is 106 Å². The van der Waals surface area contributed by atoms with Crippen LogP contribution in [-0.4, -0.2) is 31.6 Å². The molecule has 0 spiro atoms. The molecule has 0 atom stereocenters. The smallest absolute Gasteiger partial charge is 0.287 e. The van der Waals surface area contributed by atoms with Gasteiger partial charge >= 0.3 is 0 Å². The number of rotatable bonds is 5. The van der Waals surface area contributed by atoms with E-state index in [2.05, 4.69) is 20.6 Å². The number of anilines is 1. The summed E-state index contributed by atoms with van der Waals surface area (Å²) in [6.07, 6.45) is 1.41. The maximum Gasteiger partial charge on any atom is 0.287 e. The second-order valence-corrected chi connectivity index (χ2v) is 4.09. The summed E-state index contributed by atoms with van der Waals surface area (Å²) in [7, 11) is 0. The fraction of sp³-hybridized carbons (Fsp3) is 0.400. The molecule has 0 aliphatic heterocycles. The number of aromatic nitrogens is 4. The molecule has 2 heterocycles. The van der Waals surface area contributed by atoms with Crippen molar-refractivity contribution in [3.63, 3.8) is 0 Å². The van der Waals surface area contributed by atoms with Crippen molar-refractivity contribution in [2.45, 2.75) is 20.0 Å². The van der Waals surface area contributed by atoms with Gasteiger partial charge in [0.2, 0.25) is 5.89 Å². The molecule has 8 nitrogen and oxygen atoms in total. The molecule has 2 rings (SSSR count). The molecule has 0 fully saturated rings. The Hall–Kier alpha value is -1.93. The number of aliphatic hydroxyl groups is 1. The maximum absolute atomic E-state index is 11.8. The van der Waals surface area contributed by atoms with E-state index >= 15 is 0 Å². The monoisotopic (exact) mass is 285 g/mol.